The summed E-state index contributed by atoms with van der Waals surface area (Å²) in [5, 5.41) is 12.8. The molecule has 0 radical (unpaired) electrons. The maximum Gasteiger partial charge on any atom is 0.244 e. The summed E-state index contributed by atoms with van der Waals surface area (Å²) in [7, 11) is 1.90. The molecule has 1 aliphatic carbocycles. The zero-order chi connectivity index (χ0) is 20.0. The van der Waals surface area contributed by atoms with Crippen molar-refractivity contribution in [1.82, 2.24) is 29.8 Å². The van der Waals surface area contributed by atoms with Gasteiger partial charge in [0.25, 0.3) is 0 Å². The first-order chi connectivity index (χ1) is 14.1. The fourth-order valence-corrected chi connectivity index (χ4v) is 4.23. The second-order valence-corrected chi connectivity index (χ2v) is 8.04. The molecule has 0 bridgehead atoms. The lowest BCUT2D eigenvalue weighted by molar-refractivity contribution is -0.131. The van der Waals surface area contributed by atoms with Crippen molar-refractivity contribution in [2.75, 3.05) is 13.1 Å². The molecule has 5 rings (SSSR count). The number of rotatable bonds is 5. The normalized spacial score (nSPS) is 21.6. The molecule has 8 heteroatoms. The van der Waals surface area contributed by atoms with Gasteiger partial charge in [-0.05, 0) is 25.0 Å². The van der Waals surface area contributed by atoms with Crippen molar-refractivity contribution in [1.29, 1.82) is 0 Å². The van der Waals surface area contributed by atoms with Crippen LogP contribution >= 0.6 is 0 Å². The number of likely N-dealkylation sites (tertiary alicyclic amines) is 1. The lowest BCUT2D eigenvalue weighted by Crippen LogP contribution is -2.41. The molecule has 2 aromatic heterocycles. The van der Waals surface area contributed by atoms with E-state index in [1.54, 1.807) is 17.1 Å². The Kier molecular flexibility index (Phi) is 4.34. The van der Waals surface area contributed by atoms with Gasteiger partial charge in [0.2, 0.25) is 11.8 Å². The van der Waals surface area contributed by atoms with Crippen LogP contribution in [0.15, 0.2) is 42.7 Å². The van der Waals surface area contributed by atoms with E-state index in [9.17, 15) is 9.59 Å². The summed E-state index contributed by atoms with van der Waals surface area (Å²) in [6, 6.07) is 9.73. The van der Waals surface area contributed by atoms with Gasteiger partial charge >= 0.3 is 0 Å². The molecule has 1 aromatic carbocycles. The molecule has 1 N–H and O–H groups in total. The van der Waals surface area contributed by atoms with Gasteiger partial charge in [-0.2, -0.15) is 10.2 Å². The van der Waals surface area contributed by atoms with Gasteiger partial charge in [-0.3, -0.25) is 19.0 Å². The Bertz CT molecular complexity index is 1070. The molecule has 1 aliphatic heterocycles. The molecule has 0 spiro atoms. The van der Waals surface area contributed by atoms with Gasteiger partial charge in [0, 0.05) is 49.2 Å². The van der Waals surface area contributed by atoms with Crippen LogP contribution < -0.4 is 5.32 Å². The molecule has 1 saturated heterocycles. The second-order valence-electron chi connectivity index (χ2n) is 8.04. The number of hydrogen-bond donors (Lipinski definition) is 1. The summed E-state index contributed by atoms with van der Waals surface area (Å²) in [6.07, 6.45) is 5.47. The van der Waals surface area contributed by atoms with Crippen molar-refractivity contribution in [3.05, 3.63) is 48.4 Å². The number of nitrogens with one attached hydrogen (secondary N) is 1. The summed E-state index contributed by atoms with van der Waals surface area (Å²) < 4.78 is 3.57. The summed E-state index contributed by atoms with van der Waals surface area (Å²) in [5.41, 5.74) is 1.98. The average Bonchev–Trinajstić information content (AvgIpc) is 3.18. The van der Waals surface area contributed by atoms with Crippen molar-refractivity contribution >= 4 is 22.7 Å². The van der Waals surface area contributed by atoms with Crippen LogP contribution in [-0.2, 0) is 23.2 Å². The van der Waals surface area contributed by atoms with E-state index >= 15 is 0 Å². The third kappa shape index (κ3) is 3.39. The maximum absolute atomic E-state index is 13.1. The Morgan fingerprint density at radius 2 is 1.97 bits per heavy atom. The predicted molar refractivity (Wildman–Crippen MR) is 107 cm³/mol. The standard InChI is InChI=1S/C21H24N6O2/c1-25-19(8-9-22-25)16-11-26(12-17(16)24-21(29)14-6-7-14)20(28)13-27-18-5-3-2-4-15(18)10-23-27/h2-5,8-10,14,16-17H,6-7,11-13H2,1H3,(H,24,29)/t16-,17-/m1/s1. The maximum atomic E-state index is 13.1. The van der Waals surface area contributed by atoms with Crippen molar-refractivity contribution in [2.45, 2.75) is 31.3 Å². The van der Waals surface area contributed by atoms with E-state index in [1.807, 2.05) is 47.0 Å². The van der Waals surface area contributed by atoms with Gasteiger partial charge in [-0.1, -0.05) is 18.2 Å². The molecule has 2 fully saturated rings. The van der Waals surface area contributed by atoms with Crippen LogP contribution in [-0.4, -0.2) is 55.4 Å². The zero-order valence-electron chi connectivity index (χ0n) is 16.4. The van der Waals surface area contributed by atoms with E-state index in [-0.39, 0.29) is 36.2 Å². The minimum absolute atomic E-state index is 0.00851. The first-order valence-electron chi connectivity index (χ1n) is 10.1. The lowest BCUT2D eigenvalue weighted by Gasteiger charge is -2.19. The number of hydrogen-bond acceptors (Lipinski definition) is 4. The van der Waals surface area contributed by atoms with Gasteiger partial charge in [0.05, 0.1) is 17.8 Å². The first kappa shape index (κ1) is 17.9. The van der Waals surface area contributed by atoms with Crippen LogP contribution in [0.2, 0.25) is 0 Å². The van der Waals surface area contributed by atoms with E-state index in [0.29, 0.717) is 13.1 Å². The van der Waals surface area contributed by atoms with Gasteiger partial charge in [0.15, 0.2) is 0 Å². The molecule has 2 aliphatic rings. The molecular weight excluding hydrogens is 368 g/mol. The van der Waals surface area contributed by atoms with E-state index in [0.717, 1.165) is 29.4 Å². The second kappa shape index (κ2) is 7.02. The van der Waals surface area contributed by atoms with Crippen LogP contribution in [0.1, 0.15) is 24.5 Å². The molecular formula is C21H24N6O2. The summed E-state index contributed by atoms with van der Waals surface area (Å²) in [6.45, 7) is 1.26. The van der Waals surface area contributed by atoms with Crippen molar-refractivity contribution in [2.24, 2.45) is 13.0 Å². The highest BCUT2D eigenvalue weighted by Crippen LogP contribution is 2.32. The van der Waals surface area contributed by atoms with Crippen molar-refractivity contribution in [3.63, 3.8) is 0 Å². The van der Waals surface area contributed by atoms with Crippen LogP contribution in [0, 0.1) is 5.92 Å². The van der Waals surface area contributed by atoms with Gasteiger partial charge in [-0.25, -0.2) is 0 Å². The molecule has 3 heterocycles. The SMILES string of the molecule is Cn1nccc1[C@@H]1CN(C(=O)Cn2ncc3ccccc32)C[C@H]1NC(=O)C1CC1. The molecule has 2 atom stereocenters. The molecule has 3 aromatic rings. The molecule has 2 amide bonds. The summed E-state index contributed by atoms with van der Waals surface area (Å²) >= 11 is 0. The third-order valence-electron chi connectivity index (χ3n) is 6.02. The predicted octanol–water partition coefficient (Wildman–Crippen LogP) is 1.29. The highest BCUT2D eigenvalue weighted by molar-refractivity contribution is 5.83. The number of amides is 2. The summed E-state index contributed by atoms with van der Waals surface area (Å²) in [4.78, 5) is 27.3. The van der Waals surface area contributed by atoms with E-state index in [1.165, 1.54) is 0 Å². The smallest absolute Gasteiger partial charge is 0.244 e. The lowest BCUT2D eigenvalue weighted by atomic mass is 9.99. The quantitative estimate of drug-likeness (QED) is 0.709. The number of aromatic nitrogens is 4. The Balaban J connectivity index is 1.35. The Labute approximate surface area is 168 Å². The highest BCUT2D eigenvalue weighted by atomic mass is 16.2. The minimum Gasteiger partial charge on any atom is -0.351 e. The number of aryl methyl sites for hydroxylation is 1. The van der Waals surface area contributed by atoms with Crippen LogP contribution in [0.5, 0.6) is 0 Å². The number of nitrogens with zero attached hydrogens (tertiary/aromatic N) is 5. The molecule has 0 unspecified atom stereocenters. The number of carbonyl (C=O) groups excluding carboxylic acids is 2. The van der Waals surface area contributed by atoms with Crippen LogP contribution in [0.25, 0.3) is 10.9 Å². The number of para-hydroxylation sites is 1. The fourth-order valence-electron chi connectivity index (χ4n) is 4.23. The van der Waals surface area contributed by atoms with Gasteiger partial charge < -0.3 is 10.2 Å². The highest BCUT2D eigenvalue weighted by Gasteiger charge is 2.40. The van der Waals surface area contributed by atoms with Gasteiger partial charge in [0.1, 0.15) is 6.54 Å². The number of carbonyl (C=O) groups is 2. The van der Waals surface area contributed by atoms with E-state index in [2.05, 4.69) is 15.5 Å². The van der Waals surface area contributed by atoms with E-state index in [4.69, 9.17) is 0 Å². The van der Waals surface area contributed by atoms with E-state index < -0.39 is 0 Å². The fraction of sp³-hybridized carbons (Fsp3) is 0.429. The molecule has 150 valence electrons. The summed E-state index contributed by atoms with van der Waals surface area (Å²) in [5.74, 6) is 0.287. The topological polar surface area (TPSA) is 85.1 Å². The Morgan fingerprint density at radius 1 is 1.14 bits per heavy atom. The molecule has 8 nitrogen and oxygen atoms in total. The van der Waals surface area contributed by atoms with Crippen LogP contribution in [0.3, 0.4) is 0 Å². The van der Waals surface area contributed by atoms with Crippen LogP contribution in [0.4, 0.5) is 0 Å². The minimum atomic E-state index is -0.100. The van der Waals surface area contributed by atoms with Crippen molar-refractivity contribution < 1.29 is 9.59 Å². The Morgan fingerprint density at radius 3 is 2.72 bits per heavy atom. The molecule has 29 heavy (non-hydrogen) atoms. The average molecular weight is 392 g/mol. The number of fused-ring (bicyclic) bond motifs is 1. The largest absolute Gasteiger partial charge is 0.351 e. The first-order valence-corrected chi connectivity index (χ1v) is 10.1. The zero-order valence-corrected chi connectivity index (χ0v) is 16.4. The Hall–Kier alpha value is -3.16. The van der Waals surface area contributed by atoms with Gasteiger partial charge in [-0.15, -0.1) is 0 Å². The van der Waals surface area contributed by atoms with Crippen molar-refractivity contribution in [3.8, 4) is 0 Å². The third-order valence-corrected chi connectivity index (χ3v) is 6.02. The number of benzene rings is 1. The molecule has 1 saturated carbocycles. The monoisotopic (exact) mass is 392 g/mol.